The quantitative estimate of drug-likeness (QED) is 0.929. The second-order valence-corrected chi connectivity index (χ2v) is 6.79. The van der Waals surface area contributed by atoms with E-state index in [0.717, 1.165) is 30.0 Å². The Morgan fingerprint density at radius 3 is 2.83 bits per heavy atom. The molecule has 5 nitrogen and oxygen atoms in total. The summed E-state index contributed by atoms with van der Waals surface area (Å²) in [6.07, 6.45) is 0. The van der Waals surface area contributed by atoms with Gasteiger partial charge in [-0.25, -0.2) is 0 Å². The molecule has 1 saturated heterocycles. The smallest absolute Gasteiger partial charge is 0.247 e. The van der Waals surface area contributed by atoms with Gasteiger partial charge < -0.3 is 10.2 Å². The van der Waals surface area contributed by atoms with Crippen LogP contribution in [0, 0.1) is 13.8 Å². The minimum absolute atomic E-state index is 0.00985. The number of amides is 1. The molecule has 1 aliphatic rings. The summed E-state index contributed by atoms with van der Waals surface area (Å²) >= 11 is 6.14. The van der Waals surface area contributed by atoms with Crippen LogP contribution in [-0.4, -0.2) is 40.2 Å². The van der Waals surface area contributed by atoms with Crippen molar-refractivity contribution in [3.05, 3.63) is 52.3 Å². The summed E-state index contributed by atoms with van der Waals surface area (Å²) in [6.45, 7) is 8.05. The molecule has 1 amide bonds. The molecule has 1 N–H and O–H groups in total. The average Bonchev–Trinajstić information content (AvgIpc) is 2.92. The second-order valence-electron chi connectivity index (χ2n) is 6.35. The fourth-order valence-electron chi connectivity index (χ4n) is 3.36. The van der Waals surface area contributed by atoms with Gasteiger partial charge in [-0.3, -0.25) is 9.48 Å². The van der Waals surface area contributed by atoms with Gasteiger partial charge in [-0.2, -0.15) is 5.10 Å². The van der Waals surface area contributed by atoms with Crippen molar-refractivity contribution in [3.8, 4) is 0 Å². The molecular formula is C18H23ClN4O. The maximum atomic E-state index is 13.1. The molecule has 6 heteroatoms. The minimum atomic E-state index is -0.321. The molecule has 2 aromatic rings. The Kier molecular flexibility index (Phi) is 4.92. The Hall–Kier alpha value is -1.85. The Bertz CT molecular complexity index is 742. The molecule has 0 saturated carbocycles. The molecule has 2 unspecified atom stereocenters. The number of aryl methyl sites for hydroxylation is 2. The Labute approximate surface area is 147 Å². The minimum Gasteiger partial charge on any atom is -0.331 e. The zero-order valence-electron chi connectivity index (χ0n) is 14.3. The summed E-state index contributed by atoms with van der Waals surface area (Å²) in [7, 11) is 0. The van der Waals surface area contributed by atoms with Crippen molar-refractivity contribution in [2.24, 2.45) is 0 Å². The van der Waals surface area contributed by atoms with Crippen LogP contribution in [0.4, 0.5) is 0 Å². The predicted molar refractivity (Wildman–Crippen MR) is 95.2 cm³/mol. The molecule has 0 aliphatic carbocycles. The first-order valence-corrected chi connectivity index (χ1v) is 8.64. The van der Waals surface area contributed by atoms with Gasteiger partial charge in [0.15, 0.2) is 0 Å². The number of hydrogen-bond acceptors (Lipinski definition) is 3. The average molecular weight is 347 g/mol. The predicted octanol–water partition coefficient (Wildman–Crippen LogP) is 2.89. The Balaban J connectivity index is 1.87. The fourth-order valence-corrected chi connectivity index (χ4v) is 3.56. The van der Waals surface area contributed by atoms with Crippen molar-refractivity contribution >= 4 is 17.5 Å². The largest absolute Gasteiger partial charge is 0.331 e. The summed E-state index contributed by atoms with van der Waals surface area (Å²) in [4.78, 5) is 15.1. The van der Waals surface area contributed by atoms with Gasteiger partial charge in [0.1, 0.15) is 6.04 Å². The molecule has 1 fully saturated rings. The summed E-state index contributed by atoms with van der Waals surface area (Å²) in [6, 6.07) is 9.41. The van der Waals surface area contributed by atoms with Gasteiger partial charge in [-0.05, 0) is 44.5 Å². The van der Waals surface area contributed by atoms with Gasteiger partial charge in [0.05, 0.1) is 11.7 Å². The highest BCUT2D eigenvalue weighted by Crippen LogP contribution is 2.27. The Morgan fingerprint density at radius 1 is 1.38 bits per heavy atom. The van der Waals surface area contributed by atoms with Gasteiger partial charge in [-0.1, -0.05) is 23.7 Å². The van der Waals surface area contributed by atoms with E-state index in [0.29, 0.717) is 11.6 Å². The number of aromatic nitrogens is 2. The number of piperazine rings is 1. The summed E-state index contributed by atoms with van der Waals surface area (Å²) < 4.78 is 1.81. The molecular weight excluding hydrogens is 324 g/mol. The van der Waals surface area contributed by atoms with Crippen molar-refractivity contribution in [2.75, 3.05) is 19.6 Å². The SMILES string of the molecule is Cc1cc(C)n(C(C)C(=O)N2CCNCC2c2cccc(Cl)c2)n1. The standard InChI is InChI=1S/C18H23ClN4O/c1-12-9-13(2)23(21-12)14(3)18(24)22-8-7-20-11-17(22)15-5-4-6-16(19)10-15/h4-6,9-10,14,17,20H,7-8,11H2,1-3H3. The lowest BCUT2D eigenvalue weighted by atomic mass is 10.0. The topological polar surface area (TPSA) is 50.2 Å². The fraction of sp³-hybridized carbons (Fsp3) is 0.444. The molecule has 3 rings (SSSR count). The number of halogens is 1. The van der Waals surface area contributed by atoms with Crippen molar-refractivity contribution in [3.63, 3.8) is 0 Å². The molecule has 1 aliphatic heterocycles. The highest BCUT2D eigenvalue weighted by Gasteiger charge is 2.32. The first kappa shape index (κ1) is 17.0. The van der Waals surface area contributed by atoms with Crippen LogP contribution in [0.1, 0.15) is 36.0 Å². The summed E-state index contributed by atoms with van der Waals surface area (Å²) in [5.41, 5.74) is 2.99. The number of carbonyl (C=O) groups is 1. The maximum Gasteiger partial charge on any atom is 0.247 e. The van der Waals surface area contributed by atoms with E-state index < -0.39 is 0 Å². The Morgan fingerprint density at radius 2 is 2.17 bits per heavy atom. The third-order valence-corrected chi connectivity index (χ3v) is 4.76. The molecule has 0 radical (unpaired) electrons. The van der Waals surface area contributed by atoms with E-state index in [2.05, 4.69) is 10.4 Å². The summed E-state index contributed by atoms with van der Waals surface area (Å²) in [5.74, 6) is 0.0904. The van der Waals surface area contributed by atoms with Crippen LogP contribution in [-0.2, 0) is 4.79 Å². The molecule has 0 bridgehead atoms. The van der Waals surface area contributed by atoms with E-state index in [1.165, 1.54) is 0 Å². The van der Waals surface area contributed by atoms with E-state index in [1.54, 1.807) is 0 Å². The van der Waals surface area contributed by atoms with E-state index in [1.807, 2.05) is 60.7 Å². The third-order valence-electron chi connectivity index (χ3n) is 4.53. The molecule has 1 aromatic carbocycles. The van der Waals surface area contributed by atoms with E-state index in [-0.39, 0.29) is 18.0 Å². The van der Waals surface area contributed by atoms with Gasteiger partial charge in [-0.15, -0.1) is 0 Å². The van der Waals surface area contributed by atoms with Crippen LogP contribution < -0.4 is 5.32 Å². The van der Waals surface area contributed by atoms with Crippen LogP contribution in [0.2, 0.25) is 5.02 Å². The van der Waals surface area contributed by atoms with Crippen LogP contribution in [0.25, 0.3) is 0 Å². The summed E-state index contributed by atoms with van der Waals surface area (Å²) in [5, 5.41) is 8.53. The van der Waals surface area contributed by atoms with Crippen molar-refractivity contribution in [2.45, 2.75) is 32.9 Å². The van der Waals surface area contributed by atoms with E-state index in [9.17, 15) is 4.79 Å². The third kappa shape index (κ3) is 3.32. The number of nitrogens with one attached hydrogen (secondary N) is 1. The molecule has 2 atom stereocenters. The van der Waals surface area contributed by atoms with Gasteiger partial charge in [0.25, 0.3) is 0 Å². The number of hydrogen-bond donors (Lipinski definition) is 1. The lowest BCUT2D eigenvalue weighted by Crippen LogP contribution is -2.50. The van der Waals surface area contributed by atoms with Crippen LogP contribution in [0.15, 0.2) is 30.3 Å². The second kappa shape index (κ2) is 6.95. The highest BCUT2D eigenvalue weighted by atomic mass is 35.5. The monoisotopic (exact) mass is 346 g/mol. The zero-order chi connectivity index (χ0) is 17.3. The van der Waals surface area contributed by atoms with Crippen LogP contribution >= 0.6 is 11.6 Å². The lowest BCUT2D eigenvalue weighted by molar-refractivity contribution is -0.138. The van der Waals surface area contributed by atoms with Gasteiger partial charge in [0.2, 0.25) is 5.91 Å². The van der Waals surface area contributed by atoms with E-state index in [4.69, 9.17) is 11.6 Å². The lowest BCUT2D eigenvalue weighted by Gasteiger charge is -2.38. The van der Waals surface area contributed by atoms with Gasteiger partial charge in [0, 0.05) is 30.4 Å². The zero-order valence-corrected chi connectivity index (χ0v) is 15.0. The number of rotatable bonds is 3. The number of benzene rings is 1. The van der Waals surface area contributed by atoms with Crippen molar-refractivity contribution < 1.29 is 4.79 Å². The number of carbonyl (C=O) groups excluding carboxylic acids is 1. The molecule has 0 spiro atoms. The molecule has 24 heavy (non-hydrogen) atoms. The van der Waals surface area contributed by atoms with Crippen molar-refractivity contribution in [1.29, 1.82) is 0 Å². The molecule has 1 aromatic heterocycles. The highest BCUT2D eigenvalue weighted by molar-refractivity contribution is 6.30. The normalized spacial score (nSPS) is 19.3. The number of nitrogens with zero attached hydrogens (tertiary/aromatic N) is 3. The first-order valence-electron chi connectivity index (χ1n) is 8.27. The van der Waals surface area contributed by atoms with Crippen LogP contribution in [0.3, 0.4) is 0 Å². The van der Waals surface area contributed by atoms with Gasteiger partial charge >= 0.3 is 0 Å². The maximum absolute atomic E-state index is 13.1. The van der Waals surface area contributed by atoms with E-state index >= 15 is 0 Å². The van der Waals surface area contributed by atoms with Crippen LogP contribution in [0.5, 0.6) is 0 Å². The first-order chi connectivity index (χ1) is 11.5. The molecule has 2 heterocycles. The van der Waals surface area contributed by atoms with Crippen molar-refractivity contribution in [1.82, 2.24) is 20.0 Å². The molecule has 128 valence electrons.